The van der Waals surface area contributed by atoms with Crippen molar-refractivity contribution in [2.75, 3.05) is 19.7 Å². The number of carbonyl (C=O) groups is 1. The molecule has 0 rings (SSSR count). The molecule has 0 atom stereocenters. The van der Waals surface area contributed by atoms with Crippen LogP contribution in [0.3, 0.4) is 0 Å². The number of ether oxygens (including phenoxy) is 1. The molecule has 0 aromatic rings. The Kier molecular flexibility index (Phi) is 15.0. The van der Waals surface area contributed by atoms with Gasteiger partial charge in [0.2, 0.25) is 0 Å². The van der Waals surface area contributed by atoms with Crippen LogP contribution in [0.4, 0.5) is 0 Å². The van der Waals surface area contributed by atoms with Gasteiger partial charge in [-0.05, 0) is 19.9 Å². The first kappa shape index (κ1) is 16.8. The van der Waals surface area contributed by atoms with Crippen LogP contribution in [0.15, 0.2) is 0 Å². The van der Waals surface area contributed by atoms with Gasteiger partial charge < -0.3 is 15.5 Å². The van der Waals surface area contributed by atoms with E-state index >= 15 is 0 Å². The zero-order valence-electron chi connectivity index (χ0n) is 9.97. The van der Waals surface area contributed by atoms with Gasteiger partial charge in [-0.3, -0.25) is 4.79 Å². The third kappa shape index (κ3) is 13.4. The quantitative estimate of drug-likeness (QED) is 0.469. The molecule has 92 valence electrons. The smallest absolute Gasteiger partial charge is 0.319 e. The molecule has 0 amide bonds. The van der Waals surface area contributed by atoms with E-state index in [2.05, 4.69) is 12.2 Å². The molecule has 0 radical (unpaired) electrons. The Labute approximate surface area is 92.7 Å². The third-order valence-corrected chi connectivity index (χ3v) is 2.03. The van der Waals surface area contributed by atoms with E-state index in [1.165, 1.54) is 25.7 Å². The van der Waals surface area contributed by atoms with Crippen LogP contribution in [-0.2, 0) is 9.53 Å². The van der Waals surface area contributed by atoms with Crippen molar-refractivity contribution in [3.8, 4) is 0 Å². The van der Waals surface area contributed by atoms with E-state index in [9.17, 15) is 4.79 Å². The Morgan fingerprint density at radius 1 is 1.13 bits per heavy atom. The van der Waals surface area contributed by atoms with Crippen molar-refractivity contribution in [3.63, 3.8) is 0 Å². The number of esters is 1. The molecule has 15 heavy (non-hydrogen) atoms. The van der Waals surface area contributed by atoms with Gasteiger partial charge >= 0.3 is 5.97 Å². The lowest BCUT2D eigenvalue weighted by Gasteiger charge is -2.04. The lowest BCUT2D eigenvalue weighted by atomic mass is 10.1. The fourth-order valence-corrected chi connectivity index (χ4v) is 1.26. The molecule has 4 heteroatoms. The maximum atomic E-state index is 10.9. The summed E-state index contributed by atoms with van der Waals surface area (Å²) in [5, 5.41) is 3.07. The minimum Gasteiger partial charge on any atom is -0.465 e. The molecule has 0 fully saturated rings. The van der Waals surface area contributed by atoms with Gasteiger partial charge in [-0.2, -0.15) is 0 Å². The fraction of sp³-hybridized carbons (Fsp3) is 0.909. The first-order valence-corrected chi connectivity index (χ1v) is 5.67. The van der Waals surface area contributed by atoms with Crippen LogP contribution in [0, 0.1) is 0 Å². The molecule has 3 N–H and O–H groups in total. The minimum absolute atomic E-state index is 0. The van der Waals surface area contributed by atoms with Crippen molar-refractivity contribution in [1.29, 1.82) is 0 Å². The number of carbonyl (C=O) groups excluding carboxylic acids is 1. The van der Waals surface area contributed by atoms with E-state index in [-0.39, 0.29) is 11.4 Å². The normalized spacial score (nSPS) is 9.47. The summed E-state index contributed by atoms with van der Waals surface area (Å²) in [5.74, 6) is -0.152. The first-order valence-electron chi connectivity index (χ1n) is 5.67. The summed E-state index contributed by atoms with van der Waals surface area (Å²) in [4.78, 5) is 10.9. The largest absolute Gasteiger partial charge is 0.465 e. The van der Waals surface area contributed by atoms with Crippen molar-refractivity contribution < 1.29 is 15.0 Å². The van der Waals surface area contributed by atoms with Gasteiger partial charge in [0.05, 0.1) is 13.2 Å². The van der Waals surface area contributed by atoms with E-state index in [1.54, 1.807) is 0 Å². The molecule has 0 aromatic carbocycles. The van der Waals surface area contributed by atoms with E-state index in [1.807, 2.05) is 6.92 Å². The predicted molar refractivity (Wildman–Crippen MR) is 61.9 cm³/mol. The standard InChI is InChI=1S/C11H23NO2.H2O/c1-3-5-6-7-8-9-12-10-11(13)14-4-2;/h12H,3-10H2,1-2H3;1H2. The Bertz CT molecular complexity index is 140. The van der Waals surface area contributed by atoms with Crippen molar-refractivity contribution >= 4 is 5.97 Å². The van der Waals surface area contributed by atoms with E-state index in [0.29, 0.717) is 13.2 Å². The van der Waals surface area contributed by atoms with Crippen molar-refractivity contribution in [2.45, 2.75) is 46.0 Å². The summed E-state index contributed by atoms with van der Waals surface area (Å²) in [5.41, 5.74) is 0. The van der Waals surface area contributed by atoms with Gasteiger partial charge in [0.25, 0.3) is 0 Å². The van der Waals surface area contributed by atoms with Crippen LogP contribution in [-0.4, -0.2) is 31.1 Å². The third-order valence-electron chi connectivity index (χ3n) is 2.03. The van der Waals surface area contributed by atoms with Crippen molar-refractivity contribution in [1.82, 2.24) is 5.32 Å². The van der Waals surface area contributed by atoms with Crippen molar-refractivity contribution in [2.24, 2.45) is 0 Å². The Morgan fingerprint density at radius 3 is 2.40 bits per heavy atom. The second kappa shape index (κ2) is 13.4. The second-order valence-electron chi connectivity index (χ2n) is 3.40. The Balaban J connectivity index is 0. The molecular formula is C11H25NO3. The Hall–Kier alpha value is -0.610. The van der Waals surface area contributed by atoms with Crippen molar-refractivity contribution in [3.05, 3.63) is 0 Å². The molecule has 0 bridgehead atoms. The van der Waals surface area contributed by atoms with E-state index in [0.717, 1.165) is 13.0 Å². The summed E-state index contributed by atoms with van der Waals surface area (Å²) in [6.07, 6.45) is 6.30. The summed E-state index contributed by atoms with van der Waals surface area (Å²) in [6, 6.07) is 0. The monoisotopic (exact) mass is 219 g/mol. The van der Waals surface area contributed by atoms with Crippen LogP contribution >= 0.6 is 0 Å². The highest BCUT2D eigenvalue weighted by molar-refractivity contribution is 5.71. The number of unbranched alkanes of at least 4 members (excludes halogenated alkanes) is 4. The highest BCUT2D eigenvalue weighted by Crippen LogP contribution is 2.00. The molecule has 0 saturated heterocycles. The van der Waals surface area contributed by atoms with Gasteiger partial charge in [-0.25, -0.2) is 0 Å². The highest BCUT2D eigenvalue weighted by Gasteiger charge is 1.98. The minimum atomic E-state index is -0.152. The predicted octanol–water partition coefficient (Wildman–Crippen LogP) is 1.28. The van der Waals surface area contributed by atoms with E-state index < -0.39 is 0 Å². The highest BCUT2D eigenvalue weighted by atomic mass is 16.5. The lowest BCUT2D eigenvalue weighted by Crippen LogP contribution is -2.25. The van der Waals surface area contributed by atoms with Crippen LogP contribution in [0.1, 0.15) is 46.0 Å². The summed E-state index contributed by atoms with van der Waals surface area (Å²) >= 11 is 0. The second-order valence-corrected chi connectivity index (χ2v) is 3.40. The van der Waals surface area contributed by atoms with Gasteiger partial charge in [-0.15, -0.1) is 0 Å². The maximum Gasteiger partial charge on any atom is 0.319 e. The zero-order valence-corrected chi connectivity index (χ0v) is 9.97. The van der Waals surface area contributed by atoms with Crippen LogP contribution in [0.5, 0.6) is 0 Å². The van der Waals surface area contributed by atoms with Gasteiger partial charge in [0.15, 0.2) is 0 Å². The molecule has 0 spiro atoms. The number of hydrogen-bond acceptors (Lipinski definition) is 3. The molecule has 0 heterocycles. The topological polar surface area (TPSA) is 69.8 Å². The van der Waals surface area contributed by atoms with Gasteiger partial charge in [-0.1, -0.05) is 32.6 Å². The SMILES string of the molecule is CCCCCCCNCC(=O)OCC.O. The summed E-state index contributed by atoms with van der Waals surface area (Å²) in [6.45, 7) is 5.77. The average Bonchev–Trinajstić information content (AvgIpc) is 2.17. The zero-order chi connectivity index (χ0) is 10.6. The van der Waals surface area contributed by atoms with Crippen LogP contribution in [0.2, 0.25) is 0 Å². The number of hydrogen-bond donors (Lipinski definition) is 1. The molecule has 0 saturated carbocycles. The first-order chi connectivity index (χ1) is 6.81. The molecule has 0 aliphatic heterocycles. The number of rotatable bonds is 9. The molecule has 0 aromatic heterocycles. The molecule has 0 unspecified atom stereocenters. The summed E-state index contributed by atoms with van der Waals surface area (Å²) < 4.78 is 4.79. The lowest BCUT2D eigenvalue weighted by molar-refractivity contribution is -0.141. The average molecular weight is 219 g/mol. The molecule has 0 aliphatic carbocycles. The maximum absolute atomic E-state index is 10.9. The van der Waals surface area contributed by atoms with E-state index in [4.69, 9.17) is 4.74 Å². The Morgan fingerprint density at radius 2 is 1.80 bits per heavy atom. The van der Waals surface area contributed by atoms with Crippen LogP contribution in [0.25, 0.3) is 0 Å². The fourth-order valence-electron chi connectivity index (χ4n) is 1.26. The summed E-state index contributed by atoms with van der Waals surface area (Å²) in [7, 11) is 0. The molecular weight excluding hydrogens is 194 g/mol. The van der Waals surface area contributed by atoms with Gasteiger partial charge in [0, 0.05) is 0 Å². The van der Waals surface area contributed by atoms with Crippen LogP contribution < -0.4 is 5.32 Å². The van der Waals surface area contributed by atoms with Gasteiger partial charge in [0.1, 0.15) is 0 Å². The molecule has 0 aliphatic rings. The molecule has 4 nitrogen and oxygen atoms in total. The number of nitrogens with one attached hydrogen (secondary N) is 1.